The van der Waals surface area contributed by atoms with Gasteiger partial charge in [-0.05, 0) is 30.7 Å². The molecule has 7 heteroatoms. The molecule has 0 radical (unpaired) electrons. The summed E-state index contributed by atoms with van der Waals surface area (Å²) in [7, 11) is 0. The van der Waals surface area contributed by atoms with Gasteiger partial charge in [0.2, 0.25) is 0 Å². The van der Waals surface area contributed by atoms with Crippen molar-refractivity contribution in [3.8, 4) is 5.75 Å². The highest BCUT2D eigenvalue weighted by Crippen LogP contribution is 2.29. The zero-order valence-corrected chi connectivity index (χ0v) is 10.4. The number of fused-ring (bicyclic) bond motifs is 1. The number of nitrogens with zero attached hydrogens (tertiary/aromatic N) is 1. The Morgan fingerprint density at radius 1 is 1.35 bits per heavy atom. The van der Waals surface area contributed by atoms with Crippen LogP contribution in [0.2, 0.25) is 0 Å². The van der Waals surface area contributed by atoms with Gasteiger partial charge < -0.3 is 9.84 Å². The summed E-state index contributed by atoms with van der Waals surface area (Å²) in [6, 6.07) is 5.21. The Bertz CT molecular complexity index is 668. The molecule has 0 atom stereocenters. The summed E-state index contributed by atoms with van der Waals surface area (Å²) in [4.78, 5) is 14.9. The number of carbonyl (C=O) groups is 1. The van der Waals surface area contributed by atoms with Crippen molar-refractivity contribution in [1.29, 1.82) is 0 Å². The normalized spacial score (nSPS) is 11.6. The molecular formula is C13H10F3NO3. The van der Waals surface area contributed by atoms with E-state index in [1.807, 2.05) is 0 Å². The smallest absolute Gasteiger partial charge is 0.478 e. The van der Waals surface area contributed by atoms with Crippen molar-refractivity contribution in [1.82, 2.24) is 4.98 Å². The van der Waals surface area contributed by atoms with Crippen molar-refractivity contribution < 1.29 is 27.8 Å². The van der Waals surface area contributed by atoms with Crippen molar-refractivity contribution in [3.63, 3.8) is 0 Å². The number of carboxylic acids is 1. The van der Waals surface area contributed by atoms with Gasteiger partial charge >= 0.3 is 12.3 Å². The first-order chi connectivity index (χ1) is 9.30. The van der Waals surface area contributed by atoms with Gasteiger partial charge in [-0.2, -0.15) is 0 Å². The number of carboxylic acid groups (broad SMARTS) is 1. The minimum atomic E-state index is -4.82. The molecule has 20 heavy (non-hydrogen) atoms. The maximum atomic E-state index is 12.3. The van der Waals surface area contributed by atoms with Crippen LogP contribution >= 0.6 is 0 Å². The van der Waals surface area contributed by atoms with E-state index in [-0.39, 0.29) is 23.1 Å². The molecule has 4 nitrogen and oxygen atoms in total. The van der Waals surface area contributed by atoms with Crippen LogP contribution in [0.4, 0.5) is 13.2 Å². The molecule has 0 aliphatic rings. The molecule has 2 rings (SSSR count). The number of aromatic nitrogens is 1. The lowest BCUT2D eigenvalue weighted by Crippen LogP contribution is -2.18. The zero-order valence-electron chi connectivity index (χ0n) is 10.4. The number of rotatable bonds is 3. The number of alkyl halides is 3. The molecule has 0 bridgehead atoms. The van der Waals surface area contributed by atoms with Gasteiger partial charge in [0.15, 0.2) is 5.75 Å². The van der Waals surface area contributed by atoms with Gasteiger partial charge in [-0.1, -0.05) is 6.92 Å². The second-order valence-corrected chi connectivity index (χ2v) is 4.05. The summed E-state index contributed by atoms with van der Waals surface area (Å²) in [5.74, 6) is -1.57. The highest BCUT2D eigenvalue weighted by atomic mass is 19.4. The SMILES string of the molecule is CCc1nc2ccc(C(=O)O)cc2cc1OC(F)(F)F. The van der Waals surface area contributed by atoms with Gasteiger partial charge in [0, 0.05) is 5.39 Å². The zero-order chi connectivity index (χ0) is 14.9. The summed E-state index contributed by atoms with van der Waals surface area (Å²) in [5.41, 5.74) is 0.556. The van der Waals surface area contributed by atoms with Gasteiger partial charge in [0.25, 0.3) is 0 Å². The predicted molar refractivity (Wildman–Crippen MR) is 64.8 cm³/mol. The van der Waals surface area contributed by atoms with E-state index < -0.39 is 18.1 Å². The van der Waals surface area contributed by atoms with Crippen LogP contribution in [-0.2, 0) is 6.42 Å². The van der Waals surface area contributed by atoms with Crippen molar-refractivity contribution in [2.24, 2.45) is 0 Å². The van der Waals surface area contributed by atoms with Crippen LogP contribution in [0, 0.1) is 0 Å². The minimum absolute atomic E-state index is 0.0264. The van der Waals surface area contributed by atoms with Crippen LogP contribution in [0.15, 0.2) is 24.3 Å². The van der Waals surface area contributed by atoms with Crippen molar-refractivity contribution in [2.45, 2.75) is 19.7 Å². The van der Waals surface area contributed by atoms with Crippen LogP contribution in [0.5, 0.6) is 5.75 Å². The maximum absolute atomic E-state index is 12.3. The maximum Gasteiger partial charge on any atom is 0.573 e. The Morgan fingerprint density at radius 2 is 2.05 bits per heavy atom. The molecule has 0 amide bonds. The standard InChI is InChI=1S/C13H10F3NO3/c1-2-9-11(20-13(14,15)16)6-8-5-7(12(18)19)3-4-10(8)17-9/h3-6H,2H2,1H3,(H,18,19). The number of aromatic carboxylic acids is 1. The predicted octanol–water partition coefficient (Wildman–Crippen LogP) is 3.39. The summed E-state index contributed by atoms with van der Waals surface area (Å²) >= 11 is 0. The molecular weight excluding hydrogens is 275 g/mol. The molecule has 0 unspecified atom stereocenters. The number of ether oxygens (including phenoxy) is 1. The van der Waals surface area contributed by atoms with Crippen molar-refractivity contribution in [2.75, 3.05) is 0 Å². The number of hydrogen-bond donors (Lipinski definition) is 1. The monoisotopic (exact) mass is 285 g/mol. The lowest BCUT2D eigenvalue weighted by molar-refractivity contribution is -0.275. The highest BCUT2D eigenvalue weighted by molar-refractivity contribution is 5.93. The van der Waals surface area contributed by atoms with Crippen LogP contribution in [0.25, 0.3) is 10.9 Å². The topological polar surface area (TPSA) is 59.4 Å². The number of halogens is 3. The Kier molecular flexibility index (Phi) is 3.52. The van der Waals surface area contributed by atoms with Gasteiger partial charge in [-0.15, -0.1) is 13.2 Å². The van der Waals surface area contributed by atoms with Crippen LogP contribution in [0.1, 0.15) is 23.0 Å². The second-order valence-electron chi connectivity index (χ2n) is 4.05. The molecule has 0 saturated heterocycles. The molecule has 106 valence electrons. The molecule has 0 fully saturated rings. The fourth-order valence-electron chi connectivity index (χ4n) is 1.80. The molecule has 0 aliphatic heterocycles. The Morgan fingerprint density at radius 3 is 2.60 bits per heavy atom. The highest BCUT2D eigenvalue weighted by Gasteiger charge is 2.32. The third-order valence-corrected chi connectivity index (χ3v) is 2.66. The molecule has 0 aliphatic carbocycles. The van der Waals surface area contributed by atoms with E-state index in [1.165, 1.54) is 18.2 Å². The summed E-state index contributed by atoms with van der Waals surface area (Å²) in [5, 5.41) is 9.15. The summed E-state index contributed by atoms with van der Waals surface area (Å²) in [6.07, 6.45) is -4.55. The molecule has 2 aromatic rings. The number of benzene rings is 1. The van der Waals surface area contributed by atoms with Crippen LogP contribution in [0.3, 0.4) is 0 Å². The van der Waals surface area contributed by atoms with E-state index in [2.05, 4.69) is 9.72 Å². The fourth-order valence-corrected chi connectivity index (χ4v) is 1.80. The fraction of sp³-hybridized carbons (Fsp3) is 0.231. The lowest BCUT2D eigenvalue weighted by atomic mass is 10.1. The average Bonchev–Trinajstić information content (AvgIpc) is 2.35. The Balaban J connectivity index is 2.58. The van der Waals surface area contributed by atoms with Crippen LogP contribution < -0.4 is 4.74 Å². The number of aryl methyl sites for hydroxylation is 1. The van der Waals surface area contributed by atoms with E-state index in [0.717, 1.165) is 6.07 Å². The Hall–Kier alpha value is -2.31. The van der Waals surface area contributed by atoms with E-state index >= 15 is 0 Å². The Labute approximate surface area is 111 Å². The van der Waals surface area contributed by atoms with E-state index in [4.69, 9.17) is 5.11 Å². The molecule has 1 aromatic heterocycles. The third kappa shape index (κ3) is 2.98. The largest absolute Gasteiger partial charge is 0.573 e. The minimum Gasteiger partial charge on any atom is -0.478 e. The molecule has 0 spiro atoms. The molecule has 1 aromatic carbocycles. The summed E-state index contributed by atoms with van der Waals surface area (Å²) in [6.45, 7) is 1.66. The molecule has 1 heterocycles. The average molecular weight is 285 g/mol. The van der Waals surface area contributed by atoms with E-state index in [0.29, 0.717) is 5.52 Å². The van der Waals surface area contributed by atoms with Gasteiger partial charge in [-0.25, -0.2) is 9.78 Å². The van der Waals surface area contributed by atoms with Crippen molar-refractivity contribution in [3.05, 3.63) is 35.5 Å². The first-order valence-corrected chi connectivity index (χ1v) is 5.73. The van der Waals surface area contributed by atoms with Gasteiger partial charge in [0.05, 0.1) is 16.8 Å². The van der Waals surface area contributed by atoms with Gasteiger partial charge in [0.1, 0.15) is 0 Å². The van der Waals surface area contributed by atoms with E-state index in [9.17, 15) is 18.0 Å². The van der Waals surface area contributed by atoms with Gasteiger partial charge in [-0.3, -0.25) is 0 Å². The first kappa shape index (κ1) is 14.1. The number of pyridine rings is 1. The summed E-state index contributed by atoms with van der Waals surface area (Å²) < 4.78 is 40.9. The van der Waals surface area contributed by atoms with Crippen LogP contribution in [-0.4, -0.2) is 22.4 Å². The quantitative estimate of drug-likeness (QED) is 0.939. The third-order valence-electron chi connectivity index (χ3n) is 2.66. The van der Waals surface area contributed by atoms with Crippen molar-refractivity contribution >= 4 is 16.9 Å². The van der Waals surface area contributed by atoms with E-state index in [1.54, 1.807) is 6.92 Å². The first-order valence-electron chi connectivity index (χ1n) is 5.73. The molecule has 0 saturated carbocycles. The number of hydrogen-bond acceptors (Lipinski definition) is 3. The molecule has 1 N–H and O–H groups in total. The lowest BCUT2D eigenvalue weighted by Gasteiger charge is -2.13. The second kappa shape index (κ2) is 4.99.